The topological polar surface area (TPSA) is 88.1 Å². The average Bonchev–Trinajstić information content (AvgIpc) is 3.24. The largest absolute Gasteiger partial charge is 0.508 e. The highest BCUT2D eigenvalue weighted by atomic mass is 16.5. The molecule has 4 aromatic rings. The molecule has 0 radical (unpaired) electrons. The number of aromatic amines is 1. The third-order valence-corrected chi connectivity index (χ3v) is 4.38. The summed E-state index contributed by atoms with van der Waals surface area (Å²) in [7, 11) is 1.53. The van der Waals surface area contributed by atoms with Crippen LogP contribution in [0.25, 0.3) is 22.8 Å². The zero-order valence-electron chi connectivity index (χ0n) is 15.1. The Kier molecular flexibility index (Phi) is 4.60. The first kappa shape index (κ1) is 17.5. The van der Waals surface area contributed by atoms with Crippen molar-refractivity contribution >= 4 is 5.78 Å². The van der Waals surface area contributed by atoms with Crippen molar-refractivity contribution in [2.45, 2.75) is 0 Å². The number of ether oxygens (including phenoxy) is 1. The van der Waals surface area contributed by atoms with E-state index in [1.165, 1.54) is 7.11 Å². The lowest BCUT2D eigenvalue weighted by atomic mass is 9.97. The zero-order valence-corrected chi connectivity index (χ0v) is 15.1. The average molecular weight is 371 g/mol. The fourth-order valence-corrected chi connectivity index (χ4v) is 2.99. The van der Waals surface area contributed by atoms with Gasteiger partial charge in [0.2, 0.25) is 0 Å². The van der Waals surface area contributed by atoms with Crippen LogP contribution in [0.2, 0.25) is 0 Å². The van der Waals surface area contributed by atoms with Crippen LogP contribution in [-0.2, 0) is 0 Å². The summed E-state index contributed by atoms with van der Waals surface area (Å²) >= 11 is 0. The van der Waals surface area contributed by atoms with E-state index in [1.54, 1.807) is 54.6 Å². The Morgan fingerprint density at radius 3 is 2.43 bits per heavy atom. The Morgan fingerprint density at radius 2 is 1.71 bits per heavy atom. The highest BCUT2D eigenvalue weighted by Crippen LogP contribution is 2.32. The first-order valence-electron chi connectivity index (χ1n) is 8.66. The second-order valence-electron chi connectivity index (χ2n) is 6.13. The van der Waals surface area contributed by atoms with Gasteiger partial charge >= 0.3 is 0 Å². The van der Waals surface area contributed by atoms with Crippen molar-refractivity contribution in [2.24, 2.45) is 0 Å². The zero-order chi connectivity index (χ0) is 19.5. The van der Waals surface area contributed by atoms with Crippen LogP contribution in [0.15, 0.2) is 72.8 Å². The lowest BCUT2D eigenvalue weighted by molar-refractivity contribution is 0.103. The van der Waals surface area contributed by atoms with Crippen molar-refractivity contribution in [3.63, 3.8) is 0 Å². The summed E-state index contributed by atoms with van der Waals surface area (Å²) in [5, 5.41) is 16.6. The summed E-state index contributed by atoms with van der Waals surface area (Å²) < 4.78 is 5.44. The minimum absolute atomic E-state index is 0.157. The summed E-state index contributed by atoms with van der Waals surface area (Å²) in [6.45, 7) is 0. The maximum absolute atomic E-state index is 13.2. The number of aromatic hydroxyl groups is 1. The van der Waals surface area contributed by atoms with Crippen LogP contribution in [0, 0.1) is 0 Å². The number of ketones is 1. The number of hydrogen-bond donors (Lipinski definition) is 2. The molecule has 0 aliphatic carbocycles. The van der Waals surface area contributed by atoms with Gasteiger partial charge in [-0.1, -0.05) is 42.5 Å². The van der Waals surface area contributed by atoms with E-state index >= 15 is 0 Å². The standard InChI is InChI=1S/C22H17N3O3/c1-28-18-9-5-8-17(19(18)20(27)14-6-3-2-4-7-14)22-23-21(24-25-22)15-10-12-16(26)13-11-15/h2-13,26H,1H3,(H,23,24,25). The molecule has 4 rings (SSSR count). The Hall–Kier alpha value is -3.93. The number of hydrogen-bond acceptors (Lipinski definition) is 5. The van der Waals surface area contributed by atoms with Gasteiger partial charge in [-0.05, 0) is 30.3 Å². The summed E-state index contributed by atoms with van der Waals surface area (Å²) in [4.78, 5) is 17.7. The van der Waals surface area contributed by atoms with Crippen molar-refractivity contribution in [3.05, 3.63) is 83.9 Å². The van der Waals surface area contributed by atoms with Crippen LogP contribution < -0.4 is 4.74 Å². The van der Waals surface area contributed by atoms with Gasteiger partial charge in [0.25, 0.3) is 0 Å². The summed E-state index contributed by atoms with van der Waals surface area (Å²) in [5.74, 6) is 1.41. The first-order chi connectivity index (χ1) is 13.7. The number of benzene rings is 3. The number of phenolic OH excluding ortho intramolecular Hbond substituents is 1. The monoisotopic (exact) mass is 371 g/mol. The Morgan fingerprint density at radius 1 is 0.964 bits per heavy atom. The van der Waals surface area contributed by atoms with E-state index in [1.807, 2.05) is 18.2 Å². The molecular weight excluding hydrogens is 354 g/mol. The van der Waals surface area contributed by atoms with Gasteiger partial charge in [0, 0.05) is 16.7 Å². The molecule has 1 heterocycles. The second-order valence-corrected chi connectivity index (χ2v) is 6.13. The number of rotatable bonds is 5. The number of aromatic nitrogens is 3. The minimum atomic E-state index is -0.157. The molecule has 0 unspecified atom stereocenters. The van der Waals surface area contributed by atoms with Gasteiger partial charge in [0.1, 0.15) is 11.5 Å². The van der Waals surface area contributed by atoms with Crippen LogP contribution in [-0.4, -0.2) is 33.2 Å². The number of H-pyrrole nitrogens is 1. The number of phenols is 1. The van der Waals surface area contributed by atoms with E-state index < -0.39 is 0 Å². The van der Waals surface area contributed by atoms with Crippen LogP contribution in [0.5, 0.6) is 11.5 Å². The lowest BCUT2D eigenvalue weighted by Crippen LogP contribution is -2.06. The SMILES string of the molecule is COc1cccc(-c2nc(-c3ccc(O)cc3)n[nH]2)c1C(=O)c1ccccc1. The van der Waals surface area contributed by atoms with Gasteiger partial charge in [-0.2, -0.15) is 5.10 Å². The molecule has 0 bridgehead atoms. The lowest BCUT2D eigenvalue weighted by Gasteiger charge is -2.11. The van der Waals surface area contributed by atoms with Crippen molar-refractivity contribution in [2.75, 3.05) is 7.11 Å². The minimum Gasteiger partial charge on any atom is -0.508 e. The van der Waals surface area contributed by atoms with Gasteiger partial charge in [-0.15, -0.1) is 0 Å². The van der Waals surface area contributed by atoms with E-state index in [2.05, 4.69) is 15.2 Å². The molecule has 6 nitrogen and oxygen atoms in total. The molecule has 0 aliphatic rings. The fourth-order valence-electron chi connectivity index (χ4n) is 2.99. The van der Waals surface area contributed by atoms with Crippen molar-refractivity contribution in [3.8, 4) is 34.3 Å². The van der Waals surface area contributed by atoms with Crippen molar-refractivity contribution in [1.29, 1.82) is 0 Å². The third kappa shape index (κ3) is 3.23. The quantitative estimate of drug-likeness (QED) is 0.516. The van der Waals surface area contributed by atoms with Gasteiger partial charge in [0.15, 0.2) is 17.4 Å². The van der Waals surface area contributed by atoms with Crippen LogP contribution in [0.3, 0.4) is 0 Å². The molecule has 0 aliphatic heterocycles. The number of nitrogens with one attached hydrogen (secondary N) is 1. The van der Waals surface area contributed by atoms with Crippen molar-refractivity contribution in [1.82, 2.24) is 15.2 Å². The van der Waals surface area contributed by atoms with E-state index in [4.69, 9.17) is 4.74 Å². The summed E-state index contributed by atoms with van der Waals surface area (Å²) in [6.07, 6.45) is 0. The second kappa shape index (κ2) is 7.36. The molecule has 0 atom stereocenters. The molecular formula is C22H17N3O3. The number of carbonyl (C=O) groups is 1. The number of carbonyl (C=O) groups excluding carboxylic acids is 1. The molecule has 0 fully saturated rings. The Labute approximate surface area is 161 Å². The van der Waals surface area contributed by atoms with Gasteiger partial charge < -0.3 is 9.84 Å². The maximum Gasteiger partial charge on any atom is 0.197 e. The maximum atomic E-state index is 13.2. The van der Waals surface area contributed by atoms with Crippen LogP contribution in [0.4, 0.5) is 0 Å². The Bertz CT molecular complexity index is 1120. The highest BCUT2D eigenvalue weighted by Gasteiger charge is 2.22. The first-order valence-corrected chi connectivity index (χ1v) is 8.66. The smallest absolute Gasteiger partial charge is 0.197 e. The predicted octanol–water partition coefficient (Wildman–Crippen LogP) is 4.08. The molecule has 0 saturated heterocycles. The van der Waals surface area contributed by atoms with Gasteiger partial charge in [0.05, 0.1) is 12.7 Å². The summed E-state index contributed by atoms with van der Waals surface area (Å²) in [5.41, 5.74) is 2.33. The molecule has 2 N–H and O–H groups in total. The van der Waals surface area contributed by atoms with E-state index in [-0.39, 0.29) is 11.5 Å². The molecule has 0 amide bonds. The van der Waals surface area contributed by atoms with E-state index in [0.717, 1.165) is 5.56 Å². The molecule has 28 heavy (non-hydrogen) atoms. The fraction of sp³-hybridized carbons (Fsp3) is 0.0455. The van der Waals surface area contributed by atoms with Crippen molar-refractivity contribution < 1.29 is 14.6 Å². The molecule has 3 aromatic carbocycles. The summed E-state index contributed by atoms with van der Waals surface area (Å²) in [6, 6.07) is 21.0. The Balaban J connectivity index is 1.81. The highest BCUT2D eigenvalue weighted by molar-refractivity contribution is 6.14. The number of nitrogens with zero attached hydrogens (tertiary/aromatic N) is 2. The number of methoxy groups -OCH3 is 1. The van der Waals surface area contributed by atoms with Gasteiger partial charge in [-0.25, -0.2) is 4.98 Å². The van der Waals surface area contributed by atoms with Crippen LogP contribution in [0.1, 0.15) is 15.9 Å². The predicted molar refractivity (Wildman–Crippen MR) is 105 cm³/mol. The van der Waals surface area contributed by atoms with Gasteiger partial charge in [-0.3, -0.25) is 9.89 Å². The molecule has 1 aromatic heterocycles. The third-order valence-electron chi connectivity index (χ3n) is 4.38. The normalized spacial score (nSPS) is 10.6. The molecule has 138 valence electrons. The molecule has 0 saturated carbocycles. The molecule has 6 heteroatoms. The van der Waals surface area contributed by atoms with E-state index in [0.29, 0.717) is 34.1 Å². The van der Waals surface area contributed by atoms with E-state index in [9.17, 15) is 9.90 Å². The molecule has 0 spiro atoms. The van der Waals surface area contributed by atoms with Crippen LogP contribution >= 0.6 is 0 Å².